The molecule has 0 bridgehead atoms. The van der Waals surface area contributed by atoms with Crippen LogP contribution in [0.4, 0.5) is 11.4 Å². The molecule has 0 unspecified atom stereocenters. The standard InChI is InChI=1S/C13H18N2O4/c1-3-5-14(6-7-16)11-8-12(15(17)18)10-13(9-11)19-4-2/h3,8-10,16H,1,4-7H2,2H3. The van der Waals surface area contributed by atoms with Crippen LogP contribution in [-0.2, 0) is 0 Å². The van der Waals surface area contributed by atoms with Crippen LogP contribution in [0.1, 0.15) is 6.92 Å². The van der Waals surface area contributed by atoms with Crippen molar-refractivity contribution in [3.05, 3.63) is 41.0 Å². The quantitative estimate of drug-likeness (QED) is 0.442. The first-order valence-corrected chi connectivity index (χ1v) is 6.01. The summed E-state index contributed by atoms with van der Waals surface area (Å²) in [5.41, 5.74) is 0.597. The molecule has 6 heteroatoms. The summed E-state index contributed by atoms with van der Waals surface area (Å²) in [6, 6.07) is 4.56. The van der Waals surface area contributed by atoms with Gasteiger partial charge >= 0.3 is 0 Å². The molecule has 0 saturated carbocycles. The average molecular weight is 266 g/mol. The summed E-state index contributed by atoms with van der Waals surface area (Å²) in [5.74, 6) is 0.443. The maximum Gasteiger partial charge on any atom is 0.275 e. The first-order chi connectivity index (χ1) is 9.12. The largest absolute Gasteiger partial charge is 0.494 e. The first kappa shape index (κ1) is 15.0. The number of non-ortho nitro benzene ring substituents is 1. The average Bonchev–Trinajstić information content (AvgIpc) is 2.38. The molecule has 1 aromatic rings. The second-order valence-corrected chi connectivity index (χ2v) is 3.83. The summed E-state index contributed by atoms with van der Waals surface area (Å²) in [5, 5.41) is 19.9. The minimum atomic E-state index is -0.461. The molecule has 1 rings (SSSR count). The number of ether oxygens (including phenoxy) is 1. The summed E-state index contributed by atoms with van der Waals surface area (Å²) < 4.78 is 5.32. The molecule has 0 saturated heterocycles. The van der Waals surface area contributed by atoms with Crippen molar-refractivity contribution >= 4 is 11.4 Å². The van der Waals surface area contributed by atoms with E-state index in [4.69, 9.17) is 9.84 Å². The van der Waals surface area contributed by atoms with E-state index in [1.165, 1.54) is 12.1 Å². The van der Waals surface area contributed by atoms with Gasteiger partial charge in [-0.1, -0.05) is 6.08 Å². The highest BCUT2D eigenvalue weighted by Gasteiger charge is 2.14. The number of nitro benzene ring substituents is 1. The molecular formula is C13H18N2O4. The van der Waals surface area contributed by atoms with Gasteiger partial charge in [-0.05, 0) is 6.92 Å². The highest BCUT2D eigenvalue weighted by atomic mass is 16.6. The van der Waals surface area contributed by atoms with Gasteiger partial charge < -0.3 is 14.7 Å². The highest BCUT2D eigenvalue weighted by molar-refractivity contribution is 5.58. The van der Waals surface area contributed by atoms with E-state index in [2.05, 4.69) is 6.58 Å². The molecule has 0 aliphatic rings. The van der Waals surface area contributed by atoms with Crippen LogP contribution in [-0.4, -0.2) is 36.3 Å². The molecule has 0 aliphatic heterocycles. The van der Waals surface area contributed by atoms with Crippen molar-refractivity contribution in [2.75, 3.05) is 31.2 Å². The van der Waals surface area contributed by atoms with Crippen LogP contribution in [0.3, 0.4) is 0 Å². The van der Waals surface area contributed by atoms with Crippen molar-refractivity contribution in [2.24, 2.45) is 0 Å². The van der Waals surface area contributed by atoms with Gasteiger partial charge in [-0.2, -0.15) is 0 Å². The number of nitrogens with zero attached hydrogens (tertiary/aromatic N) is 2. The highest BCUT2D eigenvalue weighted by Crippen LogP contribution is 2.28. The minimum absolute atomic E-state index is 0.0343. The van der Waals surface area contributed by atoms with Crippen molar-refractivity contribution in [3.63, 3.8) is 0 Å². The SMILES string of the molecule is C=CCN(CCO)c1cc(OCC)cc([N+](=O)[O-])c1. The second kappa shape index (κ2) is 7.38. The summed E-state index contributed by atoms with van der Waals surface area (Å²) in [6.45, 7) is 6.71. The van der Waals surface area contributed by atoms with Crippen LogP contribution < -0.4 is 9.64 Å². The van der Waals surface area contributed by atoms with E-state index in [1.54, 1.807) is 17.0 Å². The monoisotopic (exact) mass is 266 g/mol. The van der Waals surface area contributed by atoms with Gasteiger partial charge in [0.15, 0.2) is 0 Å². The molecule has 0 fully saturated rings. The third-order valence-electron chi connectivity index (χ3n) is 2.48. The third-order valence-corrected chi connectivity index (χ3v) is 2.48. The van der Waals surface area contributed by atoms with E-state index in [-0.39, 0.29) is 12.3 Å². The van der Waals surface area contributed by atoms with Gasteiger partial charge in [0.25, 0.3) is 5.69 Å². The van der Waals surface area contributed by atoms with Crippen LogP contribution >= 0.6 is 0 Å². The van der Waals surface area contributed by atoms with Crippen LogP contribution in [0.5, 0.6) is 5.75 Å². The molecule has 0 spiro atoms. The van der Waals surface area contributed by atoms with Gasteiger partial charge in [-0.3, -0.25) is 10.1 Å². The number of aliphatic hydroxyl groups excluding tert-OH is 1. The fraction of sp³-hybridized carbons (Fsp3) is 0.385. The fourth-order valence-electron chi connectivity index (χ4n) is 1.71. The van der Waals surface area contributed by atoms with E-state index in [9.17, 15) is 10.1 Å². The van der Waals surface area contributed by atoms with E-state index in [0.717, 1.165) is 0 Å². The van der Waals surface area contributed by atoms with Crippen LogP contribution in [0, 0.1) is 10.1 Å². The first-order valence-electron chi connectivity index (χ1n) is 6.01. The topological polar surface area (TPSA) is 75.8 Å². The van der Waals surface area contributed by atoms with Crippen molar-refractivity contribution in [1.82, 2.24) is 0 Å². The van der Waals surface area contributed by atoms with Crippen molar-refractivity contribution in [3.8, 4) is 5.75 Å². The molecule has 0 atom stereocenters. The maximum absolute atomic E-state index is 10.9. The number of nitro groups is 1. The lowest BCUT2D eigenvalue weighted by Gasteiger charge is -2.22. The van der Waals surface area contributed by atoms with E-state index in [0.29, 0.717) is 31.1 Å². The Balaban J connectivity index is 3.14. The Bertz CT molecular complexity index is 448. The predicted octanol–water partition coefficient (Wildman–Crippen LogP) is 1.98. The Hall–Kier alpha value is -2.08. The van der Waals surface area contributed by atoms with Gasteiger partial charge in [0.05, 0.1) is 24.2 Å². The lowest BCUT2D eigenvalue weighted by molar-refractivity contribution is -0.384. The molecule has 0 radical (unpaired) electrons. The smallest absolute Gasteiger partial charge is 0.275 e. The lowest BCUT2D eigenvalue weighted by Crippen LogP contribution is -2.26. The summed E-state index contributed by atoms with van der Waals surface area (Å²) in [7, 11) is 0. The van der Waals surface area contributed by atoms with E-state index in [1.807, 2.05) is 6.92 Å². The molecule has 0 aromatic heterocycles. The van der Waals surface area contributed by atoms with Gasteiger partial charge in [0.2, 0.25) is 0 Å². The Kier molecular flexibility index (Phi) is 5.81. The maximum atomic E-state index is 10.9. The van der Waals surface area contributed by atoms with Crippen molar-refractivity contribution in [2.45, 2.75) is 6.92 Å². The van der Waals surface area contributed by atoms with Crippen LogP contribution in [0.15, 0.2) is 30.9 Å². The van der Waals surface area contributed by atoms with Gasteiger partial charge in [0, 0.05) is 30.9 Å². The molecule has 6 nitrogen and oxygen atoms in total. The number of benzene rings is 1. The Morgan fingerprint density at radius 1 is 1.53 bits per heavy atom. The molecule has 0 amide bonds. The Morgan fingerprint density at radius 2 is 2.26 bits per heavy atom. The van der Waals surface area contributed by atoms with Crippen LogP contribution in [0.25, 0.3) is 0 Å². The number of hydrogen-bond acceptors (Lipinski definition) is 5. The summed E-state index contributed by atoms with van der Waals surface area (Å²) >= 11 is 0. The Labute approximate surface area is 112 Å². The zero-order chi connectivity index (χ0) is 14.3. The second-order valence-electron chi connectivity index (χ2n) is 3.83. The normalized spacial score (nSPS) is 10.0. The van der Waals surface area contributed by atoms with Crippen molar-refractivity contribution in [1.29, 1.82) is 0 Å². The fourth-order valence-corrected chi connectivity index (χ4v) is 1.71. The van der Waals surface area contributed by atoms with E-state index < -0.39 is 4.92 Å². The molecule has 104 valence electrons. The predicted molar refractivity (Wildman–Crippen MR) is 73.8 cm³/mol. The lowest BCUT2D eigenvalue weighted by atomic mass is 10.2. The van der Waals surface area contributed by atoms with Gasteiger partial charge in [0.1, 0.15) is 5.75 Å². The number of aliphatic hydroxyl groups is 1. The van der Waals surface area contributed by atoms with Crippen LogP contribution in [0.2, 0.25) is 0 Å². The molecule has 19 heavy (non-hydrogen) atoms. The third kappa shape index (κ3) is 4.26. The zero-order valence-electron chi connectivity index (χ0n) is 10.9. The minimum Gasteiger partial charge on any atom is -0.494 e. The molecule has 1 N–H and O–H groups in total. The number of anilines is 1. The molecule has 0 heterocycles. The van der Waals surface area contributed by atoms with Gasteiger partial charge in [-0.25, -0.2) is 0 Å². The van der Waals surface area contributed by atoms with Crippen molar-refractivity contribution < 1.29 is 14.8 Å². The Morgan fingerprint density at radius 3 is 2.79 bits per heavy atom. The summed E-state index contributed by atoms with van der Waals surface area (Å²) in [6.07, 6.45) is 1.68. The number of hydrogen-bond donors (Lipinski definition) is 1. The summed E-state index contributed by atoms with van der Waals surface area (Å²) in [4.78, 5) is 12.2. The molecule has 1 aromatic carbocycles. The molecule has 0 aliphatic carbocycles. The number of rotatable bonds is 8. The van der Waals surface area contributed by atoms with E-state index >= 15 is 0 Å². The molecular weight excluding hydrogens is 248 g/mol. The van der Waals surface area contributed by atoms with Gasteiger partial charge in [-0.15, -0.1) is 6.58 Å². The zero-order valence-corrected chi connectivity index (χ0v) is 10.9.